The SMILES string of the molecule is COc1cc(NC(=O)C2=NN(c3ccccc3)C(C(C)=O)C2)c(C(N)=O)cc1OC. The van der Waals surface area contributed by atoms with E-state index < -0.39 is 17.9 Å². The van der Waals surface area contributed by atoms with Gasteiger partial charge in [0.25, 0.3) is 11.8 Å². The number of hydrogen-bond acceptors (Lipinski definition) is 7. The zero-order valence-corrected chi connectivity index (χ0v) is 16.8. The van der Waals surface area contributed by atoms with Gasteiger partial charge in [0.15, 0.2) is 17.3 Å². The molecule has 1 atom stereocenters. The number of amides is 2. The lowest BCUT2D eigenvalue weighted by molar-refractivity contribution is -0.118. The van der Waals surface area contributed by atoms with Crippen molar-refractivity contribution in [2.75, 3.05) is 24.5 Å². The lowest BCUT2D eigenvalue weighted by Gasteiger charge is -2.20. The molecule has 9 nitrogen and oxygen atoms in total. The van der Waals surface area contributed by atoms with Crippen molar-refractivity contribution in [1.82, 2.24) is 0 Å². The van der Waals surface area contributed by atoms with E-state index in [1.165, 1.54) is 38.3 Å². The molecule has 30 heavy (non-hydrogen) atoms. The van der Waals surface area contributed by atoms with Gasteiger partial charge >= 0.3 is 0 Å². The molecule has 156 valence electrons. The highest BCUT2D eigenvalue weighted by atomic mass is 16.5. The molecule has 3 rings (SSSR count). The number of methoxy groups -OCH3 is 2. The maximum Gasteiger partial charge on any atom is 0.271 e. The van der Waals surface area contributed by atoms with Gasteiger partial charge in [-0.05, 0) is 25.1 Å². The summed E-state index contributed by atoms with van der Waals surface area (Å²) in [6, 6.07) is 11.4. The summed E-state index contributed by atoms with van der Waals surface area (Å²) >= 11 is 0. The number of carbonyl (C=O) groups is 3. The molecule has 0 radical (unpaired) electrons. The Morgan fingerprint density at radius 2 is 1.73 bits per heavy atom. The molecule has 0 aromatic heterocycles. The zero-order valence-electron chi connectivity index (χ0n) is 16.8. The van der Waals surface area contributed by atoms with Crippen molar-refractivity contribution in [3.05, 3.63) is 48.0 Å². The summed E-state index contributed by atoms with van der Waals surface area (Å²) in [6.07, 6.45) is 0.134. The second kappa shape index (κ2) is 8.64. The second-order valence-corrected chi connectivity index (χ2v) is 6.63. The number of hydrogen-bond donors (Lipinski definition) is 2. The van der Waals surface area contributed by atoms with E-state index in [1.807, 2.05) is 18.2 Å². The fourth-order valence-electron chi connectivity index (χ4n) is 3.16. The van der Waals surface area contributed by atoms with Gasteiger partial charge in [-0.1, -0.05) is 18.2 Å². The number of nitrogens with one attached hydrogen (secondary N) is 1. The van der Waals surface area contributed by atoms with Crippen molar-refractivity contribution in [3.63, 3.8) is 0 Å². The number of para-hydroxylation sites is 1. The number of Topliss-reactive ketones (excluding diaryl/α,β-unsaturated/α-hetero) is 1. The molecular formula is C21H22N4O5. The fraction of sp³-hybridized carbons (Fsp3) is 0.238. The number of anilines is 2. The molecule has 1 heterocycles. The Balaban J connectivity index is 1.92. The summed E-state index contributed by atoms with van der Waals surface area (Å²) in [5.41, 5.74) is 6.52. The van der Waals surface area contributed by atoms with Crippen LogP contribution in [0, 0.1) is 0 Å². The van der Waals surface area contributed by atoms with Crippen LogP contribution in [0.15, 0.2) is 47.6 Å². The Bertz CT molecular complexity index is 1020. The zero-order chi connectivity index (χ0) is 21.8. The predicted molar refractivity (Wildman–Crippen MR) is 112 cm³/mol. The molecule has 0 spiro atoms. The van der Waals surface area contributed by atoms with Crippen LogP contribution in [0.25, 0.3) is 0 Å². The Morgan fingerprint density at radius 3 is 2.30 bits per heavy atom. The van der Waals surface area contributed by atoms with E-state index in [2.05, 4.69) is 10.4 Å². The van der Waals surface area contributed by atoms with Gasteiger partial charge in [0, 0.05) is 12.5 Å². The van der Waals surface area contributed by atoms with Crippen molar-refractivity contribution in [3.8, 4) is 11.5 Å². The molecule has 1 unspecified atom stereocenters. The van der Waals surface area contributed by atoms with E-state index in [1.54, 1.807) is 12.1 Å². The minimum absolute atomic E-state index is 0.0580. The van der Waals surface area contributed by atoms with Gasteiger partial charge in [-0.3, -0.25) is 19.4 Å². The van der Waals surface area contributed by atoms with Crippen molar-refractivity contribution >= 4 is 34.7 Å². The molecule has 1 aliphatic rings. The molecule has 1 aliphatic heterocycles. The van der Waals surface area contributed by atoms with E-state index in [9.17, 15) is 14.4 Å². The highest BCUT2D eigenvalue weighted by Crippen LogP contribution is 2.33. The number of benzene rings is 2. The van der Waals surface area contributed by atoms with E-state index in [0.29, 0.717) is 17.2 Å². The van der Waals surface area contributed by atoms with E-state index in [0.717, 1.165) is 0 Å². The fourth-order valence-corrected chi connectivity index (χ4v) is 3.16. The monoisotopic (exact) mass is 410 g/mol. The summed E-state index contributed by atoms with van der Waals surface area (Å²) < 4.78 is 10.4. The van der Waals surface area contributed by atoms with E-state index >= 15 is 0 Å². The number of rotatable bonds is 7. The van der Waals surface area contributed by atoms with Crippen LogP contribution in [0.2, 0.25) is 0 Å². The average molecular weight is 410 g/mol. The summed E-state index contributed by atoms with van der Waals surface area (Å²) in [5.74, 6) is -0.788. The smallest absolute Gasteiger partial charge is 0.271 e. The van der Waals surface area contributed by atoms with E-state index in [4.69, 9.17) is 15.2 Å². The van der Waals surface area contributed by atoms with Crippen molar-refractivity contribution in [1.29, 1.82) is 0 Å². The van der Waals surface area contributed by atoms with Crippen LogP contribution < -0.4 is 25.5 Å². The van der Waals surface area contributed by atoms with Crippen LogP contribution in [-0.2, 0) is 9.59 Å². The van der Waals surface area contributed by atoms with Gasteiger partial charge in [-0.25, -0.2) is 0 Å². The van der Waals surface area contributed by atoms with Crippen LogP contribution in [0.3, 0.4) is 0 Å². The first-order valence-corrected chi connectivity index (χ1v) is 9.15. The van der Waals surface area contributed by atoms with Gasteiger partial charge in [0.05, 0.1) is 31.2 Å². The summed E-state index contributed by atoms with van der Waals surface area (Å²) in [6.45, 7) is 1.45. The van der Waals surface area contributed by atoms with Crippen LogP contribution in [0.1, 0.15) is 23.7 Å². The third-order valence-electron chi connectivity index (χ3n) is 4.70. The molecular weight excluding hydrogens is 388 g/mol. The van der Waals surface area contributed by atoms with Gasteiger partial charge in [0.2, 0.25) is 0 Å². The summed E-state index contributed by atoms with van der Waals surface area (Å²) in [7, 11) is 2.86. The molecule has 0 saturated carbocycles. The molecule has 0 bridgehead atoms. The minimum Gasteiger partial charge on any atom is -0.493 e. The quantitative estimate of drug-likeness (QED) is 0.719. The van der Waals surface area contributed by atoms with Crippen molar-refractivity contribution < 1.29 is 23.9 Å². The predicted octanol–water partition coefficient (Wildman–Crippen LogP) is 1.97. The summed E-state index contributed by atoms with van der Waals surface area (Å²) in [5, 5.41) is 8.53. The summed E-state index contributed by atoms with van der Waals surface area (Å²) in [4.78, 5) is 36.9. The van der Waals surface area contributed by atoms with Crippen molar-refractivity contribution in [2.45, 2.75) is 19.4 Å². The first-order chi connectivity index (χ1) is 14.3. The highest BCUT2D eigenvalue weighted by Gasteiger charge is 2.34. The normalized spacial score (nSPS) is 15.4. The van der Waals surface area contributed by atoms with E-state index in [-0.39, 0.29) is 29.2 Å². The number of nitrogens with two attached hydrogens (primary N) is 1. The number of carbonyl (C=O) groups excluding carboxylic acids is 3. The average Bonchev–Trinajstić information content (AvgIpc) is 3.20. The molecule has 2 aromatic rings. The Kier molecular flexibility index (Phi) is 6.01. The first-order valence-electron chi connectivity index (χ1n) is 9.15. The standard InChI is InChI=1S/C21H22N4O5/c1-12(26)17-10-16(24-25(17)13-7-5-4-6-8-13)21(28)23-15-11-19(30-3)18(29-2)9-14(15)20(22)27/h4-9,11,17H,10H2,1-3H3,(H2,22,27)(H,23,28). The highest BCUT2D eigenvalue weighted by molar-refractivity contribution is 6.44. The lowest BCUT2D eigenvalue weighted by atomic mass is 10.1. The molecule has 2 amide bonds. The maximum atomic E-state index is 12.9. The second-order valence-electron chi connectivity index (χ2n) is 6.63. The molecule has 0 saturated heterocycles. The largest absolute Gasteiger partial charge is 0.493 e. The van der Waals surface area contributed by atoms with Crippen LogP contribution in [0.5, 0.6) is 11.5 Å². The maximum absolute atomic E-state index is 12.9. The van der Waals surface area contributed by atoms with Gasteiger partial charge < -0.3 is 20.5 Å². The van der Waals surface area contributed by atoms with Gasteiger partial charge in [0.1, 0.15) is 11.8 Å². The number of nitrogens with zero attached hydrogens (tertiary/aromatic N) is 2. The van der Waals surface area contributed by atoms with Crippen LogP contribution in [-0.4, -0.2) is 43.6 Å². The van der Waals surface area contributed by atoms with Gasteiger partial charge in [-0.2, -0.15) is 5.10 Å². The Labute approximate surface area is 173 Å². The number of primary amides is 1. The molecule has 0 fully saturated rings. The molecule has 2 aromatic carbocycles. The number of hydrazone groups is 1. The minimum atomic E-state index is -0.743. The molecule has 3 N–H and O–H groups in total. The third-order valence-corrected chi connectivity index (χ3v) is 4.70. The van der Waals surface area contributed by atoms with Crippen LogP contribution >= 0.6 is 0 Å². The molecule has 0 aliphatic carbocycles. The third kappa shape index (κ3) is 4.09. The lowest BCUT2D eigenvalue weighted by Crippen LogP contribution is -2.33. The topological polar surface area (TPSA) is 123 Å². The Hall–Kier alpha value is -3.88. The van der Waals surface area contributed by atoms with Crippen molar-refractivity contribution in [2.24, 2.45) is 10.8 Å². The van der Waals surface area contributed by atoms with Gasteiger partial charge in [-0.15, -0.1) is 0 Å². The Morgan fingerprint density at radius 1 is 1.10 bits per heavy atom. The molecule has 9 heteroatoms. The van der Waals surface area contributed by atoms with Crippen LogP contribution in [0.4, 0.5) is 11.4 Å². The number of ketones is 1. The first kappa shape index (κ1) is 20.8. The number of ether oxygens (including phenoxy) is 2.